The number of nitrogens with zero attached hydrogens (tertiary/aromatic N) is 1. The number of hydrogen-bond acceptors (Lipinski definition) is 4. The van der Waals surface area contributed by atoms with Crippen LogP contribution in [0.25, 0.3) is 11.5 Å². The SMILES string of the molecule is O=C(Cc1ccc(C(F)(F)F)cc1)OCc1coc(-c2ccc(F)cc2)n1. The van der Waals surface area contributed by atoms with E-state index >= 15 is 0 Å². The maximum atomic E-state index is 12.9. The number of carbonyl (C=O) groups is 1. The third-order valence-electron chi connectivity index (χ3n) is 3.65. The quantitative estimate of drug-likeness (QED) is 0.473. The number of hydrogen-bond donors (Lipinski definition) is 0. The number of oxazole rings is 1. The number of aromatic nitrogens is 1. The Morgan fingerprint density at radius 2 is 1.70 bits per heavy atom. The van der Waals surface area contributed by atoms with Crippen LogP contribution in [-0.4, -0.2) is 11.0 Å². The molecule has 0 saturated heterocycles. The van der Waals surface area contributed by atoms with Gasteiger partial charge in [-0.1, -0.05) is 12.1 Å². The average Bonchev–Trinajstić information content (AvgIpc) is 3.09. The summed E-state index contributed by atoms with van der Waals surface area (Å²) in [7, 11) is 0. The van der Waals surface area contributed by atoms with Gasteiger partial charge in [0.15, 0.2) is 0 Å². The zero-order valence-corrected chi connectivity index (χ0v) is 13.8. The molecule has 0 fully saturated rings. The predicted octanol–water partition coefficient (Wildman–Crippen LogP) is 4.79. The summed E-state index contributed by atoms with van der Waals surface area (Å²) >= 11 is 0. The molecule has 2 aromatic carbocycles. The third kappa shape index (κ3) is 4.93. The number of alkyl halides is 3. The largest absolute Gasteiger partial charge is 0.459 e. The summed E-state index contributed by atoms with van der Waals surface area (Å²) in [5.41, 5.74) is 0.546. The van der Waals surface area contributed by atoms with Crippen molar-refractivity contribution in [3.8, 4) is 11.5 Å². The van der Waals surface area contributed by atoms with Crippen molar-refractivity contribution < 1.29 is 31.5 Å². The van der Waals surface area contributed by atoms with Gasteiger partial charge in [0.1, 0.15) is 24.4 Å². The summed E-state index contributed by atoms with van der Waals surface area (Å²) < 4.78 is 60.7. The molecule has 0 aliphatic carbocycles. The molecule has 4 nitrogen and oxygen atoms in total. The minimum absolute atomic E-state index is 0.149. The Hall–Kier alpha value is -3.16. The molecule has 8 heteroatoms. The summed E-state index contributed by atoms with van der Waals surface area (Å²) in [6, 6.07) is 9.82. The molecule has 0 aliphatic heterocycles. The van der Waals surface area contributed by atoms with E-state index in [1.54, 1.807) is 0 Å². The van der Waals surface area contributed by atoms with Gasteiger partial charge < -0.3 is 9.15 Å². The zero-order valence-electron chi connectivity index (χ0n) is 13.8. The molecule has 0 atom stereocenters. The molecule has 0 radical (unpaired) electrons. The van der Waals surface area contributed by atoms with Gasteiger partial charge in [-0.2, -0.15) is 13.2 Å². The van der Waals surface area contributed by atoms with Gasteiger partial charge in [-0.25, -0.2) is 9.37 Å². The fourth-order valence-corrected chi connectivity index (χ4v) is 2.28. The van der Waals surface area contributed by atoms with Gasteiger partial charge in [0.25, 0.3) is 0 Å². The van der Waals surface area contributed by atoms with Crippen molar-refractivity contribution in [3.63, 3.8) is 0 Å². The maximum absolute atomic E-state index is 12.9. The van der Waals surface area contributed by atoms with Crippen molar-refractivity contribution in [2.24, 2.45) is 0 Å². The third-order valence-corrected chi connectivity index (χ3v) is 3.65. The number of rotatable bonds is 5. The Labute approximate surface area is 151 Å². The Kier molecular flexibility index (Phi) is 5.25. The van der Waals surface area contributed by atoms with Crippen molar-refractivity contribution in [3.05, 3.63) is 77.4 Å². The molecular weight excluding hydrogens is 366 g/mol. The van der Waals surface area contributed by atoms with Crippen LogP contribution in [0.4, 0.5) is 17.6 Å². The van der Waals surface area contributed by atoms with Gasteiger partial charge >= 0.3 is 12.1 Å². The highest BCUT2D eigenvalue weighted by Crippen LogP contribution is 2.29. The Balaban J connectivity index is 1.54. The summed E-state index contributed by atoms with van der Waals surface area (Å²) in [5, 5.41) is 0. The molecule has 27 heavy (non-hydrogen) atoms. The first-order valence-electron chi connectivity index (χ1n) is 7.83. The van der Waals surface area contributed by atoms with E-state index in [0.717, 1.165) is 12.1 Å². The lowest BCUT2D eigenvalue weighted by Crippen LogP contribution is -2.09. The van der Waals surface area contributed by atoms with E-state index in [4.69, 9.17) is 9.15 Å². The minimum Gasteiger partial charge on any atom is -0.459 e. The number of halogens is 4. The van der Waals surface area contributed by atoms with E-state index in [1.165, 1.54) is 42.7 Å². The molecule has 0 spiro atoms. The lowest BCUT2D eigenvalue weighted by atomic mass is 10.1. The Bertz CT molecular complexity index is 915. The van der Waals surface area contributed by atoms with Crippen LogP contribution in [0.1, 0.15) is 16.8 Å². The number of benzene rings is 2. The van der Waals surface area contributed by atoms with Crippen LogP contribution in [0.3, 0.4) is 0 Å². The first kappa shape index (κ1) is 18.6. The van der Waals surface area contributed by atoms with Gasteiger partial charge in [0.05, 0.1) is 12.0 Å². The van der Waals surface area contributed by atoms with Crippen LogP contribution in [0.5, 0.6) is 0 Å². The van der Waals surface area contributed by atoms with Gasteiger partial charge in [-0.15, -0.1) is 0 Å². The molecule has 1 heterocycles. The normalized spacial score (nSPS) is 11.4. The molecule has 3 aromatic rings. The second kappa shape index (κ2) is 7.61. The average molecular weight is 379 g/mol. The van der Waals surface area contributed by atoms with Gasteiger partial charge in [0.2, 0.25) is 5.89 Å². The highest BCUT2D eigenvalue weighted by atomic mass is 19.4. The monoisotopic (exact) mass is 379 g/mol. The minimum atomic E-state index is -4.42. The maximum Gasteiger partial charge on any atom is 0.416 e. The fourth-order valence-electron chi connectivity index (χ4n) is 2.28. The fraction of sp³-hybridized carbons (Fsp3) is 0.158. The lowest BCUT2D eigenvalue weighted by molar-refractivity contribution is -0.144. The summed E-state index contributed by atoms with van der Waals surface area (Å²) in [6.07, 6.45) is -3.28. The van der Waals surface area contributed by atoms with Crippen LogP contribution in [-0.2, 0) is 28.7 Å². The summed E-state index contributed by atoms with van der Waals surface area (Å²) in [5.74, 6) is -0.743. The van der Waals surface area contributed by atoms with Gasteiger partial charge in [-0.3, -0.25) is 4.79 Å². The van der Waals surface area contributed by atoms with Gasteiger partial charge in [-0.05, 0) is 42.0 Å². The standard InChI is InChI=1S/C19H13F4NO3/c20-15-7-3-13(4-8-15)18-24-16(11-27-18)10-26-17(25)9-12-1-5-14(6-2-12)19(21,22)23/h1-8,11H,9-10H2. The number of esters is 1. The van der Waals surface area contributed by atoms with Crippen LogP contribution in [0.2, 0.25) is 0 Å². The predicted molar refractivity (Wildman–Crippen MR) is 86.8 cm³/mol. The molecule has 0 unspecified atom stereocenters. The molecule has 1 aromatic heterocycles. The van der Waals surface area contributed by atoms with Crippen molar-refractivity contribution in [2.75, 3.05) is 0 Å². The van der Waals surface area contributed by atoms with E-state index in [-0.39, 0.29) is 24.7 Å². The molecule has 0 bridgehead atoms. The highest BCUT2D eigenvalue weighted by molar-refractivity contribution is 5.72. The Morgan fingerprint density at radius 1 is 1.04 bits per heavy atom. The second-order valence-electron chi connectivity index (χ2n) is 5.68. The molecule has 140 valence electrons. The molecule has 0 amide bonds. The van der Waals surface area contributed by atoms with Gasteiger partial charge in [0, 0.05) is 5.56 Å². The molecule has 0 saturated carbocycles. The second-order valence-corrected chi connectivity index (χ2v) is 5.68. The van der Waals surface area contributed by atoms with Crippen molar-refractivity contribution in [2.45, 2.75) is 19.2 Å². The van der Waals surface area contributed by atoms with Crippen LogP contribution >= 0.6 is 0 Å². The molecule has 3 rings (SSSR count). The zero-order chi connectivity index (χ0) is 19.4. The van der Waals surface area contributed by atoms with E-state index < -0.39 is 17.7 Å². The van der Waals surface area contributed by atoms with Crippen molar-refractivity contribution in [1.82, 2.24) is 4.98 Å². The van der Waals surface area contributed by atoms with E-state index in [0.29, 0.717) is 16.8 Å². The summed E-state index contributed by atoms with van der Waals surface area (Å²) in [6.45, 7) is -0.149. The highest BCUT2D eigenvalue weighted by Gasteiger charge is 2.30. The van der Waals surface area contributed by atoms with E-state index in [2.05, 4.69) is 4.98 Å². The molecule has 0 N–H and O–H groups in total. The van der Waals surface area contributed by atoms with Crippen LogP contribution in [0.15, 0.2) is 59.2 Å². The number of ether oxygens (including phenoxy) is 1. The first-order chi connectivity index (χ1) is 12.8. The van der Waals surface area contributed by atoms with Crippen molar-refractivity contribution in [1.29, 1.82) is 0 Å². The van der Waals surface area contributed by atoms with Crippen molar-refractivity contribution >= 4 is 5.97 Å². The van der Waals surface area contributed by atoms with E-state index in [1.807, 2.05) is 0 Å². The molecule has 0 aliphatic rings. The topological polar surface area (TPSA) is 52.3 Å². The number of carbonyl (C=O) groups excluding carboxylic acids is 1. The summed E-state index contributed by atoms with van der Waals surface area (Å²) in [4.78, 5) is 16.0. The van der Waals surface area contributed by atoms with E-state index in [9.17, 15) is 22.4 Å². The van der Waals surface area contributed by atoms with Crippen LogP contribution in [0, 0.1) is 5.82 Å². The van der Waals surface area contributed by atoms with Crippen LogP contribution < -0.4 is 0 Å². The first-order valence-corrected chi connectivity index (χ1v) is 7.83. The lowest BCUT2D eigenvalue weighted by Gasteiger charge is -2.07. The molecular formula is C19H13F4NO3. The Morgan fingerprint density at radius 3 is 2.33 bits per heavy atom. The smallest absolute Gasteiger partial charge is 0.416 e.